The van der Waals surface area contributed by atoms with Crippen molar-refractivity contribution in [3.8, 4) is 0 Å². The fraction of sp³-hybridized carbons (Fsp3) is 0.125. The second kappa shape index (κ2) is 6.02. The minimum atomic E-state index is -2.63. The lowest BCUT2D eigenvalue weighted by atomic mass is 10.2. The average molecular weight is 390 g/mol. The topological polar surface area (TPSA) is 80.7 Å². The summed E-state index contributed by atoms with van der Waals surface area (Å²) < 4.78 is 13.8. The van der Waals surface area contributed by atoms with Gasteiger partial charge in [0.2, 0.25) is 5.28 Å². The number of fused-ring (bicyclic) bond motifs is 2. The van der Waals surface area contributed by atoms with Crippen LogP contribution in [0.3, 0.4) is 0 Å². The highest BCUT2D eigenvalue weighted by molar-refractivity contribution is 7.71. The van der Waals surface area contributed by atoms with Crippen LogP contribution in [0.15, 0.2) is 36.0 Å². The van der Waals surface area contributed by atoms with Crippen molar-refractivity contribution in [1.82, 2.24) is 19.9 Å². The number of hydrogen-bond acceptors (Lipinski definition) is 7. The Morgan fingerprint density at radius 3 is 2.68 bits per heavy atom. The largest absolute Gasteiger partial charge is 0.338 e. The summed E-state index contributed by atoms with van der Waals surface area (Å²) in [5, 5.41) is 6.01. The van der Waals surface area contributed by atoms with E-state index in [1.165, 1.54) is 11.3 Å². The minimum Gasteiger partial charge on any atom is -0.338 e. The monoisotopic (exact) mass is 389 g/mol. The third kappa shape index (κ3) is 2.99. The molecule has 0 amide bonds. The lowest BCUT2D eigenvalue weighted by molar-refractivity contribution is 0.588. The molecule has 126 valence electrons. The predicted octanol–water partition coefficient (Wildman–Crippen LogP) is 4.28. The number of thiophene rings is 1. The van der Waals surface area contributed by atoms with Crippen molar-refractivity contribution in [3.63, 3.8) is 0 Å². The molecular weight excluding hydrogens is 377 g/mol. The molecule has 0 aliphatic carbocycles. The van der Waals surface area contributed by atoms with Gasteiger partial charge < -0.3 is 9.88 Å². The van der Waals surface area contributed by atoms with E-state index in [1.807, 2.05) is 23.6 Å². The summed E-state index contributed by atoms with van der Waals surface area (Å²) in [6.07, 6.45) is 3.22. The lowest BCUT2D eigenvalue weighted by Crippen LogP contribution is -2.13. The van der Waals surface area contributed by atoms with Crippen molar-refractivity contribution in [3.05, 3.63) is 41.3 Å². The van der Waals surface area contributed by atoms with Crippen molar-refractivity contribution in [2.24, 2.45) is 0 Å². The van der Waals surface area contributed by atoms with E-state index in [4.69, 9.17) is 11.6 Å². The van der Waals surface area contributed by atoms with Crippen LogP contribution in [0.2, 0.25) is 5.28 Å². The van der Waals surface area contributed by atoms with Crippen molar-refractivity contribution < 1.29 is 4.57 Å². The van der Waals surface area contributed by atoms with Crippen molar-refractivity contribution in [2.75, 3.05) is 18.6 Å². The van der Waals surface area contributed by atoms with Gasteiger partial charge >= 0.3 is 0 Å². The van der Waals surface area contributed by atoms with Crippen LogP contribution in [0.25, 0.3) is 21.3 Å². The van der Waals surface area contributed by atoms with Crippen LogP contribution in [0.4, 0.5) is 11.5 Å². The van der Waals surface area contributed by atoms with E-state index in [1.54, 1.807) is 25.7 Å². The van der Waals surface area contributed by atoms with Crippen LogP contribution in [-0.2, 0) is 4.57 Å². The molecule has 0 aliphatic rings. The number of rotatable bonds is 3. The molecule has 1 N–H and O–H groups in total. The van der Waals surface area contributed by atoms with Gasteiger partial charge in [-0.3, -0.25) is 9.97 Å². The fourth-order valence-electron chi connectivity index (χ4n) is 2.72. The summed E-state index contributed by atoms with van der Waals surface area (Å²) in [5.74, 6) is 0.586. The first kappa shape index (κ1) is 16.4. The zero-order valence-corrected chi connectivity index (χ0v) is 15.9. The van der Waals surface area contributed by atoms with E-state index in [0.29, 0.717) is 27.8 Å². The molecule has 0 saturated heterocycles. The van der Waals surface area contributed by atoms with E-state index in [-0.39, 0.29) is 5.28 Å². The zero-order chi connectivity index (χ0) is 17.6. The molecule has 0 unspecified atom stereocenters. The predicted molar refractivity (Wildman–Crippen MR) is 104 cm³/mol. The number of aromatic nitrogens is 4. The molecule has 0 aliphatic heterocycles. The van der Waals surface area contributed by atoms with Gasteiger partial charge in [0.05, 0.1) is 26.7 Å². The normalized spacial score (nSPS) is 12.0. The van der Waals surface area contributed by atoms with Crippen LogP contribution in [0.1, 0.15) is 0 Å². The number of nitrogens with one attached hydrogen (secondary N) is 1. The van der Waals surface area contributed by atoms with Crippen LogP contribution < -0.4 is 10.6 Å². The second-order valence-electron chi connectivity index (χ2n) is 5.84. The van der Waals surface area contributed by atoms with Crippen molar-refractivity contribution in [1.29, 1.82) is 0 Å². The number of hydrogen-bond donors (Lipinski definition) is 1. The van der Waals surface area contributed by atoms with Gasteiger partial charge in [-0.2, -0.15) is 4.98 Å². The molecule has 0 spiro atoms. The Kier molecular flexibility index (Phi) is 3.95. The van der Waals surface area contributed by atoms with Gasteiger partial charge in [0.15, 0.2) is 5.82 Å². The van der Waals surface area contributed by atoms with E-state index in [2.05, 4.69) is 25.3 Å². The van der Waals surface area contributed by atoms with Gasteiger partial charge in [0.25, 0.3) is 0 Å². The quantitative estimate of drug-likeness (QED) is 0.416. The number of anilines is 2. The molecule has 1 aromatic carbocycles. The maximum Gasteiger partial charge on any atom is 0.224 e. The highest BCUT2D eigenvalue weighted by Crippen LogP contribution is 2.41. The molecule has 0 fully saturated rings. The Bertz CT molecular complexity index is 1160. The third-order valence-corrected chi connectivity index (χ3v) is 6.29. The van der Waals surface area contributed by atoms with E-state index in [0.717, 1.165) is 10.2 Å². The molecule has 3 aromatic heterocycles. The number of halogens is 1. The van der Waals surface area contributed by atoms with Crippen LogP contribution in [-0.4, -0.2) is 33.3 Å². The first-order valence-electron chi connectivity index (χ1n) is 7.40. The third-order valence-electron chi connectivity index (χ3n) is 3.68. The summed E-state index contributed by atoms with van der Waals surface area (Å²) in [6.45, 7) is 3.44. The van der Waals surface area contributed by atoms with Crippen LogP contribution >= 0.6 is 30.1 Å². The standard InChI is InChI=1S/C16H13ClN5OPS/c1-24(2,23)13-10(4-3-9-12(13)19-7-6-18-9)20-15-14-11(5-8-25-14)21-16(17)22-15/h3-8H,1-2H3,(H,20,21,22). The molecule has 6 nitrogen and oxygen atoms in total. The molecular formula is C16H13ClN5OPS. The molecule has 0 saturated carbocycles. The minimum absolute atomic E-state index is 0.159. The molecule has 4 rings (SSSR count). The smallest absolute Gasteiger partial charge is 0.224 e. The molecule has 0 atom stereocenters. The van der Waals surface area contributed by atoms with Gasteiger partial charge in [-0.25, -0.2) is 4.98 Å². The Balaban J connectivity index is 1.95. The van der Waals surface area contributed by atoms with Gasteiger partial charge in [-0.05, 0) is 48.5 Å². The molecule has 9 heteroatoms. The van der Waals surface area contributed by atoms with Crippen molar-refractivity contribution >= 4 is 68.1 Å². The maximum absolute atomic E-state index is 13.0. The Hall–Kier alpha value is -2.08. The summed E-state index contributed by atoms with van der Waals surface area (Å²) in [5.41, 5.74) is 2.79. The van der Waals surface area contributed by atoms with Gasteiger partial charge in [0, 0.05) is 12.4 Å². The first-order chi connectivity index (χ1) is 11.9. The lowest BCUT2D eigenvalue weighted by Gasteiger charge is -2.17. The van der Waals surface area contributed by atoms with E-state index < -0.39 is 7.14 Å². The second-order valence-corrected chi connectivity index (χ2v) is 10.2. The highest BCUT2D eigenvalue weighted by Gasteiger charge is 2.22. The maximum atomic E-state index is 13.0. The summed E-state index contributed by atoms with van der Waals surface area (Å²) >= 11 is 7.55. The average Bonchev–Trinajstić information content (AvgIpc) is 3.01. The van der Waals surface area contributed by atoms with Crippen molar-refractivity contribution in [2.45, 2.75) is 0 Å². The van der Waals surface area contributed by atoms with Crippen LogP contribution in [0.5, 0.6) is 0 Å². The van der Waals surface area contributed by atoms with Gasteiger partial charge in [0.1, 0.15) is 12.7 Å². The van der Waals surface area contributed by atoms with E-state index in [9.17, 15) is 4.57 Å². The molecule has 0 bridgehead atoms. The zero-order valence-electron chi connectivity index (χ0n) is 13.4. The van der Waals surface area contributed by atoms with Crippen LogP contribution in [0, 0.1) is 0 Å². The summed E-state index contributed by atoms with van der Waals surface area (Å²) in [4.78, 5) is 17.2. The van der Waals surface area contributed by atoms with E-state index >= 15 is 0 Å². The Morgan fingerprint density at radius 1 is 1.08 bits per heavy atom. The fourth-order valence-corrected chi connectivity index (χ4v) is 5.06. The van der Waals surface area contributed by atoms with Gasteiger partial charge in [-0.1, -0.05) is 0 Å². The summed E-state index contributed by atoms with van der Waals surface area (Å²) in [7, 11) is -2.63. The van der Waals surface area contributed by atoms with Gasteiger partial charge in [-0.15, -0.1) is 11.3 Å². The number of benzene rings is 1. The highest BCUT2D eigenvalue weighted by atomic mass is 35.5. The Labute approximate surface area is 152 Å². The molecule has 3 heterocycles. The summed E-state index contributed by atoms with van der Waals surface area (Å²) in [6, 6.07) is 5.58. The SMILES string of the molecule is CP(C)(=O)c1c(Nc2nc(Cl)nc3ccsc23)ccc2nccnc12. The Morgan fingerprint density at radius 2 is 1.88 bits per heavy atom. The molecule has 4 aromatic rings. The molecule has 0 radical (unpaired) electrons. The first-order valence-corrected chi connectivity index (χ1v) is 11.3. The molecule has 25 heavy (non-hydrogen) atoms. The number of nitrogens with zero attached hydrogens (tertiary/aromatic N) is 4.